The van der Waals surface area contributed by atoms with Gasteiger partial charge in [0.05, 0.1) is 10.4 Å². The van der Waals surface area contributed by atoms with Crippen molar-refractivity contribution in [3.63, 3.8) is 0 Å². The Hall–Kier alpha value is -2.44. The quantitative estimate of drug-likeness (QED) is 0.685. The molecular weight excluding hydrogens is 340 g/mol. The molecule has 1 saturated heterocycles. The Bertz CT molecular complexity index is 1020. The number of carbonyl (C=O) groups excluding carboxylic acids is 2. The number of thioether (sulfide) groups is 1. The Morgan fingerprint density at radius 2 is 2.04 bits per heavy atom. The highest BCUT2D eigenvalue weighted by Crippen LogP contribution is 2.33. The fourth-order valence-corrected chi connectivity index (χ4v) is 4.24. The number of nitrogens with one attached hydrogen (secondary N) is 1. The molecule has 1 aromatic carbocycles. The highest BCUT2D eigenvalue weighted by molar-refractivity contribution is 8.18. The third-order valence-corrected chi connectivity index (χ3v) is 5.59. The summed E-state index contributed by atoms with van der Waals surface area (Å²) in [5.74, 6) is -0.342. The number of rotatable bonds is 2. The van der Waals surface area contributed by atoms with Crippen molar-refractivity contribution in [2.45, 2.75) is 6.92 Å². The molecule has 6 heteroatoms. The van der Waals surface area contributed by atoms with E-state index < -0.39 is 0 Å². The van der Waals surface area contributed by atoms with E-state index >= 15 is 0 Å². The van der Waals surface area contributed by atoms with Gasteiger partial charge in [0.25, 0.3) is 11.1 Å². The second-order valence-electron chi connectivity index (χ2n) is 5.48. The van der Waals surface area contributed by atoms with Gasteiger partial charge in [0.1, 0.15) is 0 Å². The highest BCUT2D eigenvalue weighted by atomic mass is 32.2. The molecule has 1 aliphatic heterocycles. The lowest BCUT2D eigenvalue weighted by Gasteiger charge is -2.05. The molecule has 0 spiro atoms. The highest BCUT2D eigenvalue weighted by Gasteiger charge is 2.24. The van der Waals surface area contributed by atoms with Crippen molar-refractivity contribution in [2.75, 3.05) is 0 Å². The summed E-state index contributed by atoms with van der Waals surface area (Å²) in [4.78, 5) is 29.0. The van der Waals surface area contributed by atoms with Crippen LogP contribution in [0.2, 0.25) is 0 Å². The SMILES string of the molecule is Cc1csc(-c2ccnc3ccc(/C=C4\SC(=O)NC4=O)cc23)c1. The summed E-state index contributed by atoms with van der Waals surface area (Å²) >= 11 is 2.63. The van der Waals surface area contributed by atoms with E-state index in [2.05, 4.69) is 28.7 Å². The number of aryl methyl sites for hydroxylation is 1. The van der Waals surface area contributed by atoms with Gasteiger partial charge in [-0.3, -0.25) is 19.9 Å². The molecule has 3 aromatic rings. The smallest absolute Gasteiger partial charge is 0.282 e. The first-order valence-corrected chi connectivity index (χ1v) is 8.99. The average Bonchev–Trinajstić information content (AvgIpc) is 3.12. The second-order valence-corrected chi connectivity index (χ2v) is 7.40. The fraction of sp³-hybridized carbons (Fsp3) is 0.0556. The van der Waals surface area contributed by atoms with Crippen LogP contribution in [-0.2, 0) is 4.79 Å². The molecule has 0 saturated carbocycles. The van der Waals surface area contributed by atoms with Crippen molar-refractivity contribution in [3.05, 3.63) is 57.9 Å². The Balaban J connectivity index is 1.84. The number of pyridine rings is 1. The standard InChI is InChI=1S/C18H12N2O2S2/c1-10-6-15(23-9-10)12-4-5-19-14-3-2-11(7-13(12)14)8-16-17(21)20-18(22)24-16/h2-9H,1H3,(H,20,21,22)/b16-8-. The summed E-state index contributed by atoms with van der Waals surface area (Å²) in [6.45, 7) is 2.08. The Morgan fingerprint density at radius 1 is 1.17 bits per heavy atom. The van der Waals surface area contributed by atoms with Gasteiger partial charge in [-0.25, -0.2) is 0 Å². The molecule has 1 fully saturated rings. The maximum atomic E-state index is 11.7. The lowest BCUT2D eigenvalue weighted by atomic mass is 10.0. The lowest BCUT2D eigenvalue weighted by molar-refractivity contribution is -0.115. The first-order valence-electron chi connectivity index (χ1n) is 7.29. The second kappa shape index (κ2) is 5.89. The molecular formula is C18H12N2O2S2. The number of aromatic nitrogens is 1. The molecule has 4 rings (SSSR count). The zero-order valence-electron chi connectivity index (χ0n) is 12.7. The zero-order valence-corrected chi connectivity index (χ0v) is 14.3. The lowest BCUT2D eigenvalue weighted by Crippen LogP contribution is -2.17. The molecule has 1 aliphatic rings. The number of benzene rings is 1. The van der Waals surface area contributed by atoms with Gasteiger partial charge in [0.2, 0.25) is 0 Å². The number of imide groups is 1. The number of carbonyl (C=O) groups is 2. The molecule has 2 aromatic heterocycles. The van der Waals surface area contributed by atoms with E-state index in [1.165, 1.54) is 10.4 Å². The molecule has 0 aliphatic carbocycles. The number of nitrogens with zero attached hydrogens (tertiary/aromatic N) is 1. The minimum absolute atomic E-state index is 0.330. The van der Waals surface area contributed by atoms with Gasteiger partial charge < -0.3 is 0 Å². The van der Waals surface area contributed by atoms with Crippen LogP contribution >= 0.6 is 23.1 Å². The average molecular weight is 352 g/mol. The van der Waals surface area contributed by atoms with Gasteiger partial charge in [0, 0.05) is 22.0 Å². The van der Waals surface area contributed by atoms with Crippen LogP contribution in [-0.4, -0.2) is 16.1 Å². The number of amides is 2. The van der Waals surface area contributed by atoms with Gasteiger partial charge in [0.15, 0.2) is 0 Å². The van der Waals surface area contributed by atoms with Crippen LogP contribution in [0.1, 0.15) is 11.1 Å². The van der Waals surface area contributed by atoms with Crippen molar-refractivity contribution in [1.82, 2.24) is 10.3 Å². The van der Waals surface area contributed by atoms with Gasteiger partial charge in [-0.2, -0.15) is 0 Å². The molecule has 4 nitrogen and oxygen atoms in total. The summed E-state index contributed by atoms with van der Waals surface area (Å²) in [6, 6.07) is 10.0. The van der Waals surface area contributed by atoms with E-state index in [1.807, 2.05) is 30.5 Å². The Morgan fingerprint density at radius 3 is 2.75 bits per heavy atom. The predicted octanol–water partition coefficient (Wildman–Crippen LogP) is 4.60. The van der Waals surface area contributed by atoms with Crippen molar-refractivity contribution in [2.24, 2.45) is 0 Å². The molecule has 3 heterocycles. The number of fused-ring (bicyclic) bond motifs is 1. The largest absolute Gasteiger partial charge is 0.290 e. The molecule has 118 valence electrons. The van der Waals surface area contributed by atoms with E-state index in [-0.39, 0.29) is 11.1 Å². The van der Waals surface area contributed by atoms with E-state index in [1.54, 1.807) is 17.4 Å². The van der Waals surface area contributed by atoms with E-state index in [0.29, 0.717) is 4.91 Å². The Labute approximate surface area is 146 Å². The summed E-state index contributed by atoms with van der Waals surface area (Å²) in [5, 5.41) is 5.09. The normalized spacial score (nSPS) is 16.1. The zero-order chi connectivity index (χ0) is 16.7. The van der Waals surface area contributed by atoms with E-state index in [0.717, 1.165) is 33.8 Å². The van der Waals surface area contributed by atoms with Crippen LogP contribution in [0.25, 0.3) is 27.4 Å². The minimum Gasteiger partial charge on any atom is -0.282 e. The number of hydrogen-bond donors (Lipinski definition) is 1. The topological polar surface area (TPSA) is 59.1 Å². The summed E-state index contributed by atoms with van der Waals surface area (Å²) < 4.78 is 0. The maximum Gasteiger partial charge on any atom is 0.290 e. The minimum atomic E-state index is -0.342. The van der Waals surface area contributed by atoms with Crippen molar-refractivity contribution in [1.29, 1.82) is 0 Å². The molecule has 1 N–H and O–H groups in total. The van der Waals surface area contributed by atoms with Gasteiger partial charge in [-0.05, 0) is 65.5 Å². The molecule has 2 amide bonds. The summed E-state index contributed by atoms with van der Waals surface area (Å²) in [7, 11) is 0. The fourth-order valence-electron chi connectivity index (χ4n) is 2.61. The van der Waals surface area contributed by atoms with Crippen LogP contribution in [0.15, 0.2) is 46.8 Å². The molecule has 0 unspecified atom stereocenters. The summed E-state index contributed by atoms with van der Waals surface area (Å²) in [5.41, 5.74) is 4.13. The first-order chi connectivity index (χ1) is 11.6. The van der Waals surface area contributed by atoms with Crippen molar-refractivity contribution in [3.8, 4) is 10.4 Å². The number of hydrogen-bond acceptors (Lipinski definition) is 5. The number of thiophene rings is 1. The van der Waals surface area contributed by atoms with Crippen LogP contribution in [0.4, 0.5) is 4.79 Å². The van der Waals surface area contributed by atoms with E-state index in [9.17, 15) is 9.59 Å². The van der Waals surface area contributed by atoms with E-state index in [4.69, 9.17) is 0 Å². The summed E-state index contributed by atoms with van der Waals surface area (Å²) in [6.07, 6.45) is 3.55. The van der Waals surface area contributed by atoms with Crippen molar-refractivity contribution < 1.29 is 9.59 Å². The van der Waals surface area contributed by atoms with Crippen LogP contribution in [0.3, 0.4) is 0 Å². The molecule has 24 heavy (non-hydrogen) atoms. The first kappa shape index (κ1) is 15.1. The predicted molar refractivity (Wildman–Crippen MR) is 98.9 cm³/mol. The van der Waals surface area contributed by atoms with Gasteiger partial charge in [-0.15, -0.1) is 11.3 Å². The van der Waals surface area contributed by atoms with Crippen LogP contribution in [0.5, 0.6) is 0 Å². The van der Waals surface area contributed by atoms with Crippen molar-refractivity contribution >= 4 is 51.2 Å². The third-order valence-electron chi connectivity index (χ3n) is 3.70. The molecule has 0 radical (unpaired) electrons. The van der Waals surface area contributed by atoms with Crippen LogP contribution < -0.4 is 5.32 Å². The van der Waals surface area contributed by atoms with Gasteiger partial charge >= 0.3 is 0 Å². The van der Waals surface area contributed by atoms with Gasteiger partial charge in [-0.1, -0.05) is 6.07 Å². The maximum absolute atomic E-state index is 11.7. The Kier molecular flexibility index (Phi) is 3.70. The molecule has 0 bridgehead atoms. The monoisotopic (exact) mass is 352 g/mol. The molecule has 0 atom stereocenters. The van der Waals surface area contributed by atoms with Crippen LogP contribution in [0, 0.1) is 6.92 Å². The third kappa shape index (κ3) is 2.74.